The highest BCUT2D eigenvalue weighted by Gasteiger charge is 2.08. The van der Waals surface area contributed by atoms with Crippen molar-refractivity contribution in [3.8, 4) is 0 Å². The van der Waals surface area contributed by atoms with Gasteiger partial charge in [-0.05, 0) is 48.5 Å². The number of halogens is 2. The van der Waals surface area contributed by atoms with Crippen LogP contribution in [0.2, 0.25) is 5.02 Å². The van der Waals surface area contributed by atoms with Crippen LogP contribution in [0.15, 0.2) is 36.4 Å². The van der Waals surface area contributed by atoms with Crippen LogP contribution in [0.25, 0.3) is 11.0 Å². The van der Waals surface area contributed by atoms with Crippen LogP contribution in [0, 0.1) is 17.5 Å². The van der Waals surface area contributed by atoms with Gasteiger partial charge in [0.15, 0.2) is 4.77 Å². The summed E-state index contributed by atoms with van der Waals surface area (Å²) in [5.41, 5.74) is 4.13. The van der Waals surface area contributed by atoms with E-state index in [0.29, 0.717) is 11.3 Å². The molecule has 0 fully saturated rings. The third kappa shape index (κ3) is 2.25. The Kier molecular flexibility index (Phi) is 3.36. The topological polar surface area (TPSA) is 20.7 Å². The highest BCUT2D eigenvalue weighted by atomic mass is 35.5. The van der Waals surface area contributed by atoms with E-state index in [0.717, 1.165) is 22.2 Å². The second-order valence-electron chi connectivity index (χ2n) is 4.74. The van der Waals surface area contributed by atoms with Crippen LogP contribution < -0.4 is 0 Å². The Balaban J connectivity index is 2.13. The molecular weight excluding hydrogens is 295 g/mol. The zero-order valence-corrected chi connectivity index (χ0v) is 12.4. The van der Waals surface area contributed by atoms with Crippen molar-refractivity contribution >= 4 is 34.9 Å². The summed E-state index contributed by atoms with van der Waals surface area (Å²) < 4.78 is 15.9. The summed E-state index contributed by atoms with van der Waals surface area (Å²) in [6, 6.07) is 10.8. The van der Waals surface area contributed by atoms with Crippen molar-refractivity contribution in [1.29, 1.82) is 0 Å². The first-order valence-corrected chi connectivity index (χ1v) is 6.97. The van der Waals surface area contributed by atoms with E-state index in [9.17, 15) is 4.39 Å². The summed E-state index contributed by atoms with van der Waals surface area (Å²) >= 11 is 11.2. The van der Waals surface area contributed by atoms with Gasteiger partial charge in [-0.25, -0.2) is 4.39 Å². The Labute approximate surface area is 125 Å². The van der Waals surface area contributed by atoms with Crippen LogP contribution in [0.1, 0.15) is 11.1 Å². The number of imidazole rings is 1. The minimum Gasteiger partial charge on any atom is -0.331 e. The molecule has 0 saturated carbocycles. The lowest BCUT2D eigenvalue weighted by atomic mass is 10.2. The smallest absolute Gasteiger partial charge is 0.178 e. The van der Waals surface area contributed by atoms with E-state index in [1.54, 1.807) is 12.1 Å². The monoisotopic (exact) mass is 306 g/mol. The van der Waals surface area contributed by atoms with Gasteiger partial charge in [-0.15, -0.1) is 0 Å². The Morgan fingerprint density at radius 3 is 2.85 bits per heavy atom. The molecule has 1 heterocycles. The number of rotatable bonds is 2. The Hall–Kier alpha value is -1.65. The first-order valence-electron chi connectivity index (χ1n) is 6.18. The molecule has 1 aromatic heterocycles. The van der Waals surface area contributed by atoms with Gasteiger partial charge in [0, 0.05) is 0 Å². The SMILES string of the molecule is Cc1cccc2[nH]c(=S)n(Cc3ccc(F)c(Cl)c3)c12. The van der Waals surface area contributed by atoms with Crippen molar-refractivity contribution < 1.29 is 4.39 Å². The lowest BCUT2D eigenvalue weighted by Crippen LogP contribution is -2.01. The summed E-state index contributed by atoms with van der Waals surface area (Å²) in [5, 5.41) is 0.130. The van der Waals surface area contributed by atoms with Crippen molar-refractivity contribution in [3.05, 3.63) is 63.1 Å². The van der Waals surface area contributed by atoms with Gasteiger partial charge in [-0.1, -0.05) is 29.8 Å². The van der Waals surface area contributed by atoms with E-state index in [1.165, 1.54) is 6.07 Å². The van der Waals surface area contributed by atoms with Gasteiger partial charge in [0.05, 0.1) is 22.6 Å². The first kappa shape index (κ1) is 13.3. The summed E-state index contributed by atoms with van der Waals surface area (Å²) in [7, 11) is 0. The standard InChI is InChI=1S/C15H12ClFN2S/c1-9-3-2-4-13-14(9)19(15(20)18-13)8-10-5-6-12(17)11(16)7-10/h2-7H,8H2,1H3,(H,18,20). The molecule has 2 aromatic carbocycles. The normalized spacial score (nSPS) is 11.2. The average Bonchev–Trinajstić information content (AvgIpc) is 2.72. The number of aromatic nitrogens is 2. The van der Waals surface area contributed by atoms with Crippen LogP contribution in [0.3, 0.4) is 0 Å². The number of para-hydroxylation sites is 1. The molecule has 0 unspecified atom stereocenters. The maximum absolute atomic E-state index is 13.2. The summed E-state index contributed by atoms with van der Waals surface area (Å²) in [4.78, 5) is 3.18. The lowest BCUT2D eigenvalue weighted by Gasteiger charge is -2.07. The first-order chi connectivity index (χ1) is 9.56. The third-order valence-electron chi connectivity index (χ3n) is 3.32. The van der Waals surface area contributed by atoms with Crippen LogP contribution in [0.4, 0.5) is 4.39 Å². The number of benzene rings is 2. The second-order valence-corrected chi connectivity index (χ2v) is 5.53. The van der Waals surface area contributed by atoms with E-state index < -0.39 is 5.82 Å². The predicted molar refractivity (Wildman–Crippen MR) is 82.4 cm³/mol. The molecular formula is C15H12ClFN2S. The molecule has 0 saturated heterocycles. The summed E-state index contributed by atoms with van der Waals surface area (Å²) in [5.74, 6) is -0.408. The quantitative estimate of drug-likeness (QED) is 0.671. The number of hydrogen-bond acceptors (Lipinski definition) is 1. The Morgan fingerprint density at radius 1 is 1.30 bits per heavy atom. The number of aryl methyl sites for hydroxylation is 1. The van der Waals surface area contributed by atoms with Crippen LogP contribution in [-0.4, -0.2) is 9.55 Å². The minimum atomic E-state index is -0.408. The maximum atomic E-state index is 13.2. The molecule has 0 aliphatic carbocycles. The highest BCUT2D eigenvalue weighted by Crippen LogP contribution is 2.21. The number of aromatic amines is 1. The molecule has 0 aliphatic rings. The fourth-order valence-electron chi connectivity index (χ4n) is 2.37. The molecule has 102 valence electrons. The van der Waals surface area contributed by atoms with Crippen LogP contribution in [-0.2, 0) is 6.54 Å². The summed E-state index contributed by atoms with van der Waals surface area (Å²) in [6.45, 7) is 2.60. The number of hydrogen-bond donors (Lipinski definition) is 1. The molecule has 0 amide bonds. The fraction of sp³-hybridized carbons (Fsp3) is 0.133. The summed E-state index contributed by atoms with van der Waals surface area (Å²) in [6.07, 6.45) is 0. The highest BCUT2D eigenvalue weighted by molar-refractivity contribution is 7.71. The van der Waals surface area contributed by atoms with Gasteiger partial charge in [0.1, 0.15) is 5.82 Å². The van der Waals surface area contributed by atoms with E-state index in [1.807, 2.05) is 29.7 Å². The van der Waals surface area contributed by atoms with Gasteiger partial charge < -0.3 is 9.55 Å². The van der Waals surface area contributed by atoms with Crippen molar-refractivity contribution in [2.45, 2.75) is 13.5 Å². The van der Waals surface area contributed by atoms with Crippen molar-refractivity contribution in [2.24, 2.45) is 0 Å². The zero-order chi connectivity index (χ0) is 14.3. The van der Waals surface area contributed by atoms with Gasteiger partial charge in [0.2, 0.25) is 0 Å². The molecule has 3 aromatic rings. The molecule has 0 atom stereocenters. The predicted octanol–water partition coefficient (Wildman–Crippen LogP) is 4.85. The molecule has 3 rings (SSSR count). The largest absolute Gasteiger partial charge is 0.331 e. The number of nitrogens with one attached hydrogen (secondary N) is 1. The van der Waals surface area contributed by atoms with Gasteiger partial charge in [0.25, 0.3) is 0 Å². The third-order valence-corrected chi connectivity index (χ3v) is 3.93. The Morgan fingerprint density at radius 2 is 2.10 bits per heavy atom. The van der Waals surface area contributed by atoms with Gasteiger partial charge in [-0.2, -0.15) is 0 Å². The van der Waals surface area contributed by atoms with Crippen LogP contribution in [0.5, 0.6) is 0 Å². The van der Waals surface area contributed by atoms with Gasteiger partial charge >= 0.3 is 0 Å². The van der Waals surface area contributed by atoms with E-state index in [-0.39, 0.29) is 5.02 Å². The molecule has 0 spiro atoms. The second kappa shape index (κ2) is 5.04. The van der Waals surface area contributed by atoms with Crippen molar-refractivity contribution in [1.82, 2.24) is 9.55 Å². The number of fused-ring (bicyclic) bond motifs is 1. The van der Waals surface area contributed by atoms with Crippen molar-refractivity contribution in [3.63, 3.8) is 0 Å². The van der Waals surface area contributed by atoms with E-state index in [2.05, 4.69) is 4.98 Å². The molecule has 5 heteroatoms. The lowest BCUT2D eigenvalue weighted by molar-refractivity contribution is 0.627. The minimum absolute atomic E-state index is 0.130. The van der Waals surface area contributed by atoms with Crippen molar-refractivity contribution in [2.75, 3.05) is 0 Å². The molecule has 0 aliphatic heterocycles. The average molecular weight is 307 g/mol. The zero-order valence-electron chi connectivity index (χ0n) is 10.8. The number of nitrogens with zero attached hydrogens (tertiary/aromatic N) is 1. The van der Waals surface area contributed by atoms with E-state index in [4.69, 9.17) is 23.8 Å². The number of H-pyrrole nitrogens is 1. The molecule has 0 radical (unpaired) electrons. The van der Waals surface area contributed by atoms with Crippen LogP contribution >= 0.6 is 23.8 Å². The molecule has 2 nitrogen and oxygen atoms in total. The fourth-order valence-corrected chi connectivity index (χ4v) is 2.84. The maximum Gasteiger partial charge on any atom is 0.178 e. The molecule has 20 heavy (non-hydrogen) atoms. The Bertz CT molecular complexity index is 851. The molecule has 0 bridgehead atoms. The van der Waals surface area contributed by atoms with Gasteiger partial charge in [-0.3, -0.25) is 0 Å². The molecule has 1 N–H and O–H groups in total. The van der Waals surface area contributed by atoms with E-state index >= 15 is 0 Å².